The minimum absolute atomic E-state index is 0. The Labute approximate surface area is 461 Å². The molecule has 0 fully saturated rings. The average molecular weight is 1030 g/mol. The summed E-state index contributed by atoms with van der Waals surface area (Å²) >= 11 is 3.37. The molecule has 20 nitrogen and oxygen atoms in total. The Morgan fingerprint density at radius 2 is 1.23 bits per heavy atom. The second-order valence-corrected chi connectivity index (χ2v) is 12.3. The van der Waals surface area contributed by atoms with Gasteiger partial charge in [0.1, 0.15) is 41.8 Å². The monoisotopic (exact) mass is 1030 g/mol. The third kappa shape index (κ3) is 49.4. The molecule has 1 unspecified atom stereocenters. The molecule has 0 aliphatic heterocycles. The number of Topliss-reactive ketones (excluding diaryl/α,β-unsaturated/α-hetero) is 3. The zero-order valence-electron chi connectivity index (χ0n) is 40.0. The van der Waals surface area contributed by atoms with Crippen molar-refractivity contribution in [3.8, 4) is 11.5 Å². The van der Waals surface area contributed by atoms with Gasteiger partial charge < -0.3 is 66.4 Å². The van der Waals surface area contributed by atoms with Crippen LogP contribution in [0.3, 0.4) is 0 Å². The molecular formula is C43H61BrKN5NaO15-. The summed E-state index contributed by atoms with van der Waals surface area (Å²) in [7, 11) is 3.22. The molecule has 0 heterocycles. The molecule has 1 atom stereocenters. The van der Waals surface area contributed by atoms with Crippen LogP contribution in [0, 0.1) is 24.5 Å². The van der Waals surface area contributed by atoms with Gasteiger partial charge in [0.2, 0.25) is 13.1 Å². The Bertz CT molecular complexity index is 1770. The quantitative estimate of drug-likeness (QED) is 0.0170. The zero-order valence-corrected chi connectivity index (χ0v) is 45.7. The second-order valence-electron chi connectivity index (χ2n) is 11.7. The fourth-order valence-corrected chi connectivity index (χ4v) is 4.48. The van der Waals surface area contributed by atoms with E-state index in [0.29, 0.717) is 12.4 Å². The summed E-state index contributed by atoms with van der Waals surface area (Å²) in [5, 5.41) is 14.8. The van der Waals surface area contributed by atoms with Crippen LogP contribution in [-0.2, 0) is 64.3 Å². The SMILES string of the molecule is CCOC(=O)C(Cc1ccccc1OC)C(=O)CCC(C)=O.CCOC(=O)C[C-]=O.COc1ccccc1CBr.N=C(N)N.[C-]#[N+]CCC(=O)CC(=O)OCC.[C-]#[N+]CCC(=O)O.[H-].[K+].[Na+].[OH-]. The van der Waals surface area contributed by atoms with E-state index in [2.05, 4.69) is 46.6 Å². The normalized spacial score (nSPS) is 8.98. The van der Waals surface area contributed by atoms with Gasteiger partial charge in [-0.3, -0.25) is 40.5 Å². The van der Waals surface area contributed by atoms with Crippen LogP contribution < -0.4 is 102 Å². The van der Waals surface area contributed by atoms with Crippen molar-refractivity contribution in [2.24, 2.45) is 17.4 Å². The molecule has 0 aliphatic rings. The molecule has 23 heteroatoms. The number of nitrogens with one attached hydrogen (secondary N) is 1. The van der Waals surface area contributed by atoms with Crippen molar-refractivity contribution in [3.63, 3.8) is 0 Å². The number of ether oxygens (including phenoxy) is 5. The minimum Gasteiger partial charge on any atom is -1.00 e. The summed E-state index contributed by atoms with van der Waals surface area (Å²) in [6, 6.07) is 15.2. The van der Waals surface area contributed by atoms with E-state index >= 15 is 0 Å². The van der Waals surface area contributed by atoms with Gasteiger partial charge in [0, 0.05) is 23.7 Å². The van der Waals surface area contributed by atoms with Gasteiger partial charge >= 0.3 is 98.8 Å². The van der Waals surface area contributed by atoms with Crippen LogP contribution in [0.15, 0.2) is 48.5 Å². The van der Waals surface area contributed by atoms with Crippen molar-refractivity contribution < 1.29 is 155 Å². The summed E-state index contributed by atoms with van der Waals surface area (Å²) in [6.07, 6.45) is 1.47. The van der Waals surface area contributed by atoms with E-state index in [1.54, 1.807) is 33.9 Å². The molecule has 0 saturated heterocycles. The van der Waals surface area contributed by atoms with Gasteiger partial charge in [-0.15, -0.1) is 0 Å². The standard InChI is InChI=1S/C17H22O5.C8H9BrO.C8H11NO3.C5H7O3.C4H5NO2.CH5N3.K.Na.H2O.H/c1-4-22-17(20)14(15(19)10-9-12(2)18)11-13-7-5-6-8-16(13)21-3;1-10-8-5-3-2-4-7(8)6-9;1-3-12-8(11)6-7(10)4-5-9-2;1-2-8-5(7)3-4-6;1-5-3-2-4(6)7;2-1(3)4;;;;/h5-8,14H,4,9-11H2,1-3H3;2-5H,6H2,1H3;3-6H2,1H3;2-3H2,1H3;2-3H2,(H,6,7);(H5,2,3,4);;;1H2;/q;;;-1;;;2*+1;;-1/p-1. The van der Waals surface area contributed by atoms with Gasteiger partial charge in [0.15, 0.2) is 11.7 Å². The average Bonchev–Trinajstić information content (AvgIpc) is 3.24. The van der Waals surface area contributed by atoms with Crippen LogP contribution in [-0.4, -0.2) is 111 Å². The molecule has 0 aromatic heterocycles. The van der Waals surface area contributed by atoms with Crippen molar-refractivity contribution in [2.75, 3.05) is 47.1 Å². The molecule has 0 bridgehead atoms. The number of carbonyl (C=O) groups excluding carboxylic acids is 7. The van der Waals surface area contributed by atoms with E-state index < -0.39 is 29.8 Å². The summed E-state index contributed by atoms with van der Waals surface area (Å²) in [6.45, 7) is 20.1. The fourth-order valence-electron chi connectivity index (χ4n) is 4.01. The molecule has 358 valence electrons. The van der Waals surface area contributed by atoms with E-state index in [9.17, 15) is 38.4 Å². The number of para-hydroxylation sites is 2. The zero-order chi connectivity index (χ0) is 49.0. The number of hydrogen-bond donors (Lipinski definition) is 4. The predicted molar refractivity (Wildman–Crippen MR) is 240 cm³/mol. The Morgan fingerprint density at radius 3 is 1.61 bits per heavy atom. The topological polar surface area (TPSA) is 318 Å². The summed E-state index contributed by atoms with van der Waals surface area (Å²) in [5.41, 5.74) is 10.9. The van der Waals surface area contributed by atoms with Gasteiger partial charge in [0.05, 0.1) is 40.5 Å². The number of methoxy groups -OCH3 is 2. The van der Waals surface area contributed by atoms with Crippen LogP contribution in [0.5, 0.6) is 11.5 Å². The minimum atomic E-state index is -0.907. The maximum absolute atomic E-state index is 12.3. The molecule has 2 aromatic rings. The maximum atomic E-state index is 12.3. The van der Waals surface area contributed by atoms with Crippen LogP contribution >= 0.6 is 15.9 Å². The molecule has 0 saturated carbocycles. The molecule has 2 rings (SSSR count). The number of rotatable bonds is 21. The number of aliphatic carboxylic acids is 1. The van der Waals surface area contributed by atoms with E-state index in [0.717, 1.165) is 16.6 Å². The van der Waals surface area contributed by atoms with E-state index in [1.165, 1.54) is 25.9 Å². The molecular weight excluding hydrogens is 968 g/mol. The number of carboxylic acids is 1. The largest absolute Gasteiger partial charge is 1.00 e. The number of nitrogens with zero attached hydrogens (tertiary/aromatic N) is 2. The number of ketones is 3. The number of esters is 3. The first-order valence-corrected chi connectivity index (χ1v) is 20.2. The summed E-state index contributed by atoms with van der Waals surface area (Å²) < 4.78 is 24.3. The van der Waals surface area contributed by atoms with Crippen molar-refractivity contribution in [3.05, 3.63) is 82.5 Å². The Morgan fingerprint density at radius 1 is 0.788 bits per heavy atom. The van der Waals surface area contributed by atoms with Gasteiger partial charge in [-0.25, -0.2) is 13.1 Å². The number of alkyl halides is 1. The van der Waals surface area contributed by atoms with Crippen molar-refractivity contribution >= 4 is 69.4 Å². The Hall–Kier alpha value is -4.07. The number of hydrogen-bond acceptors (Lipinski definition) is 15. The Balaban J connectivity index is -0.000000111. The molecule has 0 amide bonds. The first kappa shape index (κ1) is 76.2. The number of nitrogens with two attached hydrogens (primary N) is 2. The molecule has 0 spiro atoms. The van der Waals surface area contributed by atoms with Gasteiger partial charge in [0.25, 0.3) is 5.97 Å². The van der Waals surface area contributed by atoms with Crippen LogP contribution in [0.4, 0.5) is 0 Å². The molecule has 0 radical (unpaired) electrons. The first-order valence-electron chi connectivity index (χ1n) is 19.0. The first-order chi connectivity index (χ1) is 29.9. The summed E-state index contributed by atoms with van der Waals surface area (Å²) in [4.78, 5) is 92.0. The number of benzene rings is 2. The third-order valence-electron chi connectivity index (χ3n) is 6.74. The van der Waals surface area contributed by atoms with Gasteiger partial charge in [-0.2, -0.15) is 0 Å². The number of carboxylic acid groups (broad SMARTS) is 1. The van der Waals surface area contributed by atoms with Gasteiger partial charge in [-0.05, 0) is 51.8 Å². The van der Waals surface area contributed by atoms with Crippen molar-refractivity contribution in [1.29, 1.82) is 5.41 Å². The van der Waals surface area contributed by atoms with Crippen molar-refractivity contribution in [1.82, 2.24) is 0 Å². The van der Waals surface area contributed by atoms with Crippen LogP contribution in [0.25, 0.3) is 9.69 Å². The molecule has 7 N–H and O–H groups in total. The third-order valence-corrected chi connectivity index (χ3v) is 7.35. The van der Waals surface area contributed by atoms with Crippen molar-refractivity contribution in [2.45, 2.75) is 78.0 Å². The Kier molecular flexibility index (Phi) is 61.8. The van der Waals surface area contributed by atoms with Crippen LogP contribution in [0.2, 0.25) is 0 Å². The number of guanidine groups is 1. The summed E-state index contributed by atoms with van der Waals surface area (Å²) in [5.74, 6) is -2.74. The molecule has 0 aliphatic carbocycles. The second kappa shape index (κ2) is 53.5. The van der Waals surface area contributed by atoms with E-state index in [1.807, 2.05) is 42.5 Å². The molecule has 66 heavy (non-hydrogen) atoms. The van der Waals surface area contributed by atoms with Gasteiger partial charge in [-0.1, -0.05) is 58.7 Å². The smallest absolute Gasteiger partial charge is 1.00 e. The predicted octanol–water partition coefficient (Wildman–Crippen LogP) is -1.02. The number of carbonyl (C=O) groups is 7. The van der Waals surface area contributed by atoms with E-state index in [-0.39, 0.29) is 182 Å². The number of halogens is 1. The maximum Gasteiger partial charge on any atom is 1.00 e. The molecule has 2 aromatic carbocycles. The van der Waals surface area contributed by atoms with Crippen LogP contribution in [0.1, 0.15) is 78.8 Å². The fraction of sp³-hybridized carbons (Fsp3) is 0.465. The van der Waals surface area contributed by atoms with E-state index in [4.69, 9.17) is 37.9 Å².